The number of H-pyrrole nitrogens is 2. The Morgan fingerprint density at radius 3 is 2.71 bits per heavy atom. The van der Waals surface area contributed by atoms with Crippen LogP contribution in [0.4, 0.5) is 10.1 Å². The summed E-state index contributed by atoms with van der Waals surface area (Å²) in [5, 5.41) is 16.2. The van der Waals surface area contributed by atoms with Gasteiger partial charge in [-0.2, -0.15) is 5.10 Å². The highest BCUT2D eigenvalue weighted by Crippen LogP contribution is 2.35. The van der Waals surface area contributed by atoms with Crippen LogP contribution in [0.2, 0.25) is 0 Å². The average molecular weight is 506 g/mol. The van der Waals surface area contributed by atoms with Gasteiger partial charge in [-0.05, 0) is 73.8 Å². The largest absolute Gasteiger partial charge is 0.384 e. The first-order valence-electron chi connectivity index (χ1n) is 12.5. The van der Waals surface area contributed by atoms with Gasteiger partial charge in [-0.1, -0.05) is 18.2 Å². The molecule has 2 aromatic carbocycles. The maximum atomic E-state index is 14.6. The minimum Gasteiger partial charge on any atom is -0.384 e. The monoisotopic (exact) mass is 505 g/mol. The van der Waals surface area contributed by atoms with Gasteiger partial charge in [0.2, 0.25) is 0 Å². The van der Waals surface area contributed by atoms with Crippen LogP contribution >= 0.6 is 0 Å². The van der Waals surface area contributed by atoms with Crippen LogP contribution < -0.4 is 10.6 Å². The van der Waals surface area contributed by atoms with Crippen molar-refractivity contribution in [3.8, 4) is 22.6 Å². The second-order valence-corrected chi connectivity index (χ2v) is 9.58. The van der Waals surface area contributed by atoms with Gasteiger partial charge < -0.3 is 20.5 Å². The predicted octanol–water partition coefficient (Wildman–Crippen LogP) is 5.90. The summed E-state index contributed by atoms with van der Waals surface area (Å²) in [7, 11) is 4.02. The van der Waals surface area contributed by atoms with Crippen molar-refractivity contribution in [2.75, 3.05) is 32.5 Å². The van der Waals surface area contributed by atoms with Gasteiger partial charge in [-0.15, -0.1) is 0 Å². The number of halogens is 1. The Morgan fingerprint density at radius 2 is 1.82 bits per heavy atom. The molecule has 0 amide bonds. The summed E-state index contributed by atoms with van der Waals surface area (Å²) in [5.41, 5.74) is 7.87. The van der Waals surface area contributed by atoms with Crippen LogP contribution in [0.25, 0.3) is 50.0 Å². The molecule has 0 bridgehead atoms. The molecule has 0 saturated heterocycles. The van der Waals surface area contributed by atoms with Crippen LogP contribution in [-0.2, 0) is 0 Å². The molecule has 0 radical (unpaired) electrons. The number of allylic oxidation sites excluding steroid dienone is 4. The van der Waals surface area contributed by atoms with E-state index in [1.54, 1.807) is 6.20 Å². The molecule has 0 atom stereocenters. The maximum absolute atomic E-state index is 14.6. The van der Waals surface area contributed by atoms with Crippen LogP contribution in [0.1, 0.15) is 5.56 Å². The molecule has 3 aromatic heterocycles. The number of aromatic nitrogens is 4. The maximum Gasteiger partial charge on any atom is 0.125 e. The fourth-order valence-electron chi connectivity index (χ4n) is 4.70. The first-order valence-corrected chi connectivity index (χ1v) is 12.5. The molecule has 0 fully saturated rings. The van der Waals surface area contributed by atoms with Crippen LogP contribution in [0, 0.1) is 5.82 Å². The van der Waals surface area contributed by atoms with Gasteiger partial charge in [-0.25, -0.2) is 4.39 Å². The molecule has 7 nitrogen and oxygen atoms in total. The molecule has 4 heterocycles. The summed E-state index contributed by atoms with van der Waals surface area (Å²) >= 11 is 0. The molecular weight excluding hydrogens is 477 g/mol. The lowest BCUT2D eigenvalue weighted by atomic mass is 10.0. The molecular formula is C30H28FN7. The van der Waals surface area contributed by atoms with E-state index in [-0.39, 0.29) is 5.82 Å². The normalized spacial score (nSPS) is 13.2. The number of benzene rings is 2. The Balaban J connectivity index is 1.39. The van der Waals surface area contributed by atoms with E-state index in [2.05, 4.69) is 53.9 Å². The molecule has 6 rings (SSSR count). The number of hydrogen-bond acceptors (Lipinski definition) is 5. The number of aromatic amines is 2. The van der Waals surface area contributed by atoms with Crippen molar-refractivity contribution in [2.24, 2.45) is 0 Å². The van der Waals surface area contributed by atoms with Gasteiger partial charge in [0.1, 0.15) is 11.5 Å². The zero-order valence-electron chi connectivity index (χ0n) is 21.2. The lowest BCUT2D eigenvalue weighted by molar-refractivity contribution is 0.425. The Bertz CT molecular complexity index is 1720. The quantitative estimate of drug-likeness (QED) is 0.221. The Hall–Kier alpha value is -4.69. The number of hydrogen-bond donors (Lipinski definition) is 4. The summed E-state index contributed by atoms with van der Waals surface area (Å²) < 4.78 is 14.6. The number of pyridine rings is 1. The lowest BCUT2D eigenvalue weighted by Gasteiger charge is -2.12. The molecule has 190 valence electrons. The molecule has 0 spiro atoms. The number of nitrogens with one attached hydrogen (secondary N) is 4. The van der Waals surface area contributed by atoms with Crippen LogP contribution in [0.15, 0.2) is 85.4 Å². The molecule has 5 aromatic rings. The molecule has 4 N–H and O–H groups in total. The van der Waals surface area contributed by atoms with E-state index in [0.29, 0.717) is 5.69 Å². The zero-order valence-corrected chi connectivity index (χ0v) is 21.2. The fourth-order valence-corrected chi connectivity index (χ4v) is 4.70. The van der Waals surface area contributed by atoms with Crippen molar-refractivity contribution in [2.45, 2.75) is 0 Å². The SMILES string of the molecule is CN(C)CCNc1cc(F)cc(-c2nccc3[nH]c(-c4n[nH]c5ccc(C6=CNC=CC=C6)cc45)cc23)c1. The number of nitrogens with zero attached hydrogens (tertiary/aromatic N) is 3. The zero-order chi connectivity index (χ0) is 26.1. The van der Waals surface area contributed by atoms with Gasteiger partial charge in [0.25, 0.3) is 0 Å². The van der Waals surface area contributed by atoms with E-state index in [1.807, 2.05) is 62.9 Å². The first-order chi connectivity index (χ1) is 18.5. The number of anilines is 1. The third-order valence-electron chi connectivity index (χ3n) is 6.58. The van der Waals surface area contributed by atoms with Crippen LogP contribution in [-0.4, -0.2) is 52.3 Å². The van der Waals surface area contributed by atoms with Crippen molar-refractivity contribution in [3.05, 3.63) is 96.7 Å². The molecule has 1 aliphatic heterocycles. The third kappa shape index (κ3) is 4.69. The van der Waals surface area contributed by atoms with Crippen molar-refractivity contribution in [3.63, 3.8) is 0 Å². The summed E-state index contributed by atoms with van der Waals surface area (Å²) in [6, 6.07) is 15.2. The number of likely N-dealkylation sites (N-methyl/N-ethyl adjacent to an activating group) is 1. The van der Waals surface area contributed by atoms with Gasteiger partial charge in [0, 0.05) is 59.2 Å². The molecule has 1 aliphatic rings. The van der Waals surface area contributed by atoms with E-state index in [1.165, 1.54) is 12.1 Å². The minimum atomic E-state index is -0.304. The molecule has 0 unspecified atom stereocenters. The highest BCUT2D eigenvalue weighted by Gasteiger charge is 2.16. The molecule has 8 heteroatoms. The third-order valence-corrected chi connectivity index (χ3v) is 6.58. The standard InChI is InChI=1S/C30H28FN7/c1-38(2)12-11-33-23-14-21(13-22(31)16-23)29-25-17-28(35-26(25)8-10-34-29)30-24-15-19(6-7-27(24)36-37-30)20-5-3-4-9-32-18-20/h3-10,13-18,32-33,35H,11-12H2,1-2H3,(H,36,37). The lowest BCUT2D eigenvalue weighted by Crippen LogP contribution is -2.20. The van der Waals surface area contributed by atoms with Gasteiger partial charge in [0.05, 0.1) is 16.9 Å². The highest BCUT2D eigenvalue weighted by molar-refractivity contribution is 6.01. The summed E-state index contributed by atoms with van der Waals surface area (Å²) in [6.07, 6.45) is 11.7. The highest BCUT2D eigenvalue weighted by atomic mass is 19.1. The summed E-state index contributed by atoms with van der Waals surface area (Å²) in [5.74, 6) is -0.304. The summed E-state index contributed by atoms with van der Waals surface area (Å²) in [4.78, 5) is 10.2. The fraction of sp³-hybridized carbons (Fsp3) is 0.133. The average Bonchev–Trinajstić information content (AvgIpc) is 3.42. The Labute approximate surface area is 219 Å². The van der Waals surface area contributed by atoms with Crippen molar-refractivity contribution >= 4 is 33.1 Å². The van der Waals surface area contributed by atoms with Crippen molar-refractivity contribution < 1.29 is 4.39 Å². The van der Waals surface area contributed by atoms with E-state index in [9.17, 15) is 4.39 Å². The smallest absolute Gasteiger partial charge is 0.125 e. The predicted molar refractivity (Wildman–Crippen MR) is 153 cm³/mol. The van der Waals surface area contributed by atoms with Crippen LogP contribution in [0.3, 0.4) is 0 Å². The van der Waals surface area contributed by atoms with E-state index >= 15 is 0 Å². The minimum absolute atomic E-state index is 0.304. The molecule has 0 saturated carbocycles. The number of rotatable bonds is 7. The van der Waals surface area contributed by atoms with Crippen molar-refractivity contribution in [1.29, 1.82) is 0 Å². The van der Waals surface area contributed by atoms with Gasteiger partial charge in [-0.3, -0.25) is 10.1 Å². The van der Waals surface area contributed by atoms with Crippen LogP contribution in [0.5, 0.6) is 0 Å². The topological polar surface area (TPSA) is 84.7 Å². The van der Waals surface area contributed by atoms with E-state index in [4.69, 9.17) is 0 Å². The Morgan fingerprint density at radius 1 is 0.921 bits per heavy atom. The first kappa shape index (κ1) is 23.7. The summed E-state index contributed by atoms with van der Waals surface area (Å²) in [6.45, 7) is 1.57. The second-order valence-electron chi connectivity index (χ2n) is 9.58. The molecule has 38 heavy (non-hydrogen) atoms. The van der Waals surface area contributed by atoms with Gasteiger partial charge >= 0.3 is 0 Å². The van der Waals surface area contributed by atoms with E-state index in [0.717, 1.165) is 68.7 Å². The second kappa shape index (κ2) is 9.99. The number of fused-ring (bicyclic) bond motifs is 2. The Kier molecular flexibility index (Phi) is 6.23. The van der Waals surface area contributed by atoms with Gasteiger partial charge in [0.15, 0.2) is 0 Å². The molecule has 0 aliphatic carbocycles. The van der Waals surface area contributed by atoms with E-state index < -0.39 is 0 Å². The van der Waals surface area contributed by atoms with Crippen molar-refractivity contribution in [1.82, 2.24) is 30.4 Å².